The van der Waals surface area contributed by atoms with Crippen molar-refractivity contribution >= 4 is 33.1 Å². The third kappa shape index (κ3) is 3.19. The number of carbonyl (C=O) groups is 1. The van der Waals surface area contributed by atoms with Crippen LogP contribution in [0.25, 0.3) is 15.9 Å². The fourth-order valence-electron chi connectivity index (χ4n) is 3.56. The highest BCUT2D eigenvalue weighted by Gasteiger charge is 2.25. The molecule has 0 aliphatic heterocycles. The average molecular weight is 389 g/mol. The van der Waals surface area contributed by atoms with Crippen molar-refractivity contribution in [3.63, 3.8) is 0 Å². The molecule has 0 saturated heterocycles. The molecule has 0 saturated carbocycles. The van der Waals surface area contributed by atoms with E-state index in [-0.39, 0.29) is 18.3 Å². The van der Waals surface area contributed by atoms with E-state index in [9.17, 15) is 4.79 Å². The van der Waals surface area contributed by atoms with E-state index in [1.165, 1.54) is 31.1 Å². The van der Waals surface area contributed by atoms with Crippen molar-refractivity contribution in [1.82, 2.24) is 24.9 Å². The Labute approximate surface area is 160 Å². The largest absolute Gasteiger partial charge is 0.354 e. The van der Waals surface area contributed by atoms with Gasteiger partial charge in [-0.2, -0.15) is 4.52 Å². The summed E-state index contributed by atoms with van der Waals surface area (Å²) in [5, 5.41) is 8.19. The number of amides is 1. The standard InChI is InChI=1S/C18H23N5O3S/c1-9-5-6-12-11(7-9)14-16-21-15(17(24)19-8-13(25-3)26-4)22-23(16)10(2)20-18(14)27-12/h9,13H,5-8H2,1-4H3,(H,19,24). The number of aromatic nitrogens is 4. The Hall–Kier alpha value is -2.10. The molecule has 0 radical (unpaired) electrons. The average Bonchev–Trinajstić information content (AvgIpc) is 3.24. The topological polar surface area (TPSA) is 90.6 Å². The van der Waals surface area contributed by atoms with Crippen LogP contribution in [0.1, 0.15) is 40.2 Å². The molecule has 0 bridgehead atoms. The van der Waals surface area contributed by atoms with Gasteiger partial charge in [0.15, 0.2) is 11.9 Å². The Bertz CT molecular complexity index is 1010. The summed E-state index contributed by atoms with van der Waals surface area (Å²) in [4.78, 5) is 24.1. The zero-order chi connectivity index (χ0) is 19.1. The molecule has 3 aromatic heterocycles. The van der Waals surface area contributed by atoms with E-state index in [1.807, 2.05) is 6.92 Å². The number of fused-ring (bicyclic) bond motifs is 5. The maximum absolute atomic E-state index is 12.5. The summed E-state index contributed by atoms with van der Waals surface area (Å²) >= 11 is 1.74. The van der Waals surface area contributed by atoms with Gasteiger partial charge in [-0.1, -0.05) is 6.92 Å². The molecule has 1 atom stereocenters. The number of rotatable bonds is 5. The zero-order valence-corrected chi connectivity index (χ0v) is 16.7. The summed E-state index contributed by atoms with van der Waals surface area (Å²) in [6, 6.07) is 0. The number of methoxy groups -OCH3 is 2. The van der Waals surface area contributed by atoms with E-state index in [0.29, 0.717) is 11.6 Å². The first kappa shape index (κ1) is 18.3. The van der Waals surface area contributed by atoms with Crippen molar-refractivity contribution in [2.24, 2.45) is 5.92 Å². The van der Waals surface area contributed by atoms with Gasteiger partial charge in [-0.25, -0.2) is 9.97 Å². The minimum absolute atomic E-state index is 0.127. The van der Waals surface area contributed by atoms with E-state index in [2.05, 4.69) is 22.3 Å². The van der Waals surface area contributed by atoms with E-state index in [0.717, 1.165) is 28.9 Å². The second kappa shape index (κ2) is 7.14. The van der Waals surface area contributed by atoms with Crippen molar-refractivity contribution in [2.45, 2.75) is 39.4 Å². The second-order valence-corrected chi connectivity index (χ2v) is 8.06. The summed E-state index contributed by atoms with van der Waals surface area (Å²) in [5.41, 5.74) is 2.04. The molecule has 8 nitrogen and oxygen atoms in total. The number of hydrogen-bond donors (Lipinski definition) is 1. The van der Waals surface area contributed by atoms with Gasteiger partial charge in [0.1, 0.15) is 10.7 Å². The van der Waals surface area contributed by atoms with Gasteiger partial charge in [-0.05, 0) is 37.7 Å². The van der Waals surface area contributed by atoms with Crippen molar-refractivity contribution in [3.05, 3.63) is 22.1 Å². The Morgan fingerprint density at radius 2 is 2.15 bits per heavy atom. The van der Waals surface area contributed by atoms with Crippen LogP contribution in [-0.2, 0) is 22.3 Å². The van der Waals surface area contributed by atoms with E-state index >= 15 is 0 Å². The van der Waals surface area contributed by atoms with Gasteiger partial charge < -0.3 is 14.8 Å². The molecule has 3 aromatic rings. The molecule has 4 rings (SSSR count). The summed E-state index contributed by atoms with van der Waals surface area (Å²) < 4.78 is 11.9. The molecule has 1 unspecified atom stereocenters. The summed E-state index contributed by atoms with van der Waals surface area (Å²) in [5.74, 6) is 1.13. The highest BCUT2D eigenvalue weighted by molar-refractivity contribution is 7.19. The van der Waals surface area contributed by atoms with Gasteiger partial charge in [0, 0.05) is 19.1 Å². The smallest absolute Gasteiger partial charge is 0.291 e. The van der Waals surface area contributed by atoms with Crippen LogP contribution < -0.4 is 5.32 Å². The lowest BCUT2D eigenvalue weighted by molar-refractivity contribution is -0.0974. The first-order valence-corrected chi connectivity index (χ1v) is 9.84. The van der Waals surface area contributed by atoms with Gasteiger partial charge in [0.2, 0.25) is 5.82 Å². The number of ether oxygens (including phenoxy) is 2. The van der Waals surface area contributed by atoms with E-state index < -0.39 is 6.29 Å². The fourth-order valence-corrected chi connectivity index (χ4v) is 4.82. The molecule has 1 aliphatic rings. The number of nitrogens with zero attached hydrogens (tertiary/aromatic N) is 4. The van der Waals surface area contributed by atoms with Crippen LogP contribution in [0.3, 0.4) is 0 Å². The molecular weight excluding hydrogens is 366 g/mol. The minimum atomic E-state index is -0.508. The number of carbonyl (C=O) groups excluding carboxylic acids is 1. The summed E-state index contributed by atoms with van der Waals surface area (Å²) in [6.07, 6.45) is 2.80. The predicted octanol–water partition coefficient (Wildman–Crippen LogP) is 2.12. The van der Waals surface area contributed by atoms with Crippen LogP contribution in [0.4, 0.5) is 0 Å². The lowest BCUT2D eigenvalue weighted by Gasteiger charge is -2.17. The first-order chi connectivity index (χ1) is 13.0. The molecule has 1 N–H and O–H groups in total. The Morgan fingerprint density at radius 3 is 2.89 bits per heavy atom. The molecule has 27 heavy (non-hydrogen) atoms. The SMILES string of the molecule is COC(CNC(=O)c1nc2c3c4c(sc3nc(C)n2n1)CCC(C)C4)OC. The van der Waals surface area contributed by atoms with Crippen LogP contribution in [0.15, 0.2) is 0 Å². The summed E-state index contributed by atoms with van der Waals surface area (Å²) in [7, 11) is 3.05. The van der Waals surface area contributed by atoms with E-state index in [4.69, 9.17) is 14.5 Å². The maximum Gasteiger partial charge on any atom is 0.291 e. The third-order valence-electron chi connectivity index (χ3n) is 5.05. The molecule has 1 amide bonds. The molecule has 0 fully saturated rings. The lowest BCUT2D eigenvalue weighted by Crippen LogP contribution is -2.34. The van der Waals surface area contributed by atoms with Crippen molar-refractivity contribution in [2.75, 3.05) is 20.8 Å². The first-order valence-electron chi connectivity index (χ1n) is 9.03. The number of hydrogen-bond acceptors (Lipinski definition) is 7. The van der Waals surface area contributed by atoms with Gasteiger partial charge >= 0.3 is 0 Å². The van der Waals surface area contributed by atoms with Crippen molar-refractivity contribution < 1.29 is 14.3 Å². The van der Waals surface area contributed by atoms with Gasteiger partial charge in [-0.3, -0.25) is 4.79 Å². The Morgan fingerprint density at radius 1 is 1.37 bits per heavy atom. The zero-order valence-electron chi connectivity index (χ0n) is 15.9. The number of nitrogens with one attached hydrogen (secondary N) is 1. The molecule has 144 valence electrons. The van der Waals surface area contributed by atoms with Crippen molar-refractivity contribution in [3.8, 4) is 0 Å². The molecule has 3 heterocycles. The number of aryl methyl sites for hydroxylation is 2. The molecule has 0 aromatic carbocycles. The minimum Gasteiger partial charge on any atom is -0.354 e. The van der Waals surface area contributed by atoms with Crippen LogP contribution in [-0.4, -0.2) is 52.5 Å². The molecular formula is C18H23N5O3S. The second-order valence-electron chi connectivity index (χ2n) is 6.97. The third-order valence-corrected chi connectivity index (χ3v) is 6.23. The highest BCUT2D eigenvalue weighted by Crippen LogP contribution is 2.38. The molecule has 9 heteroatoms. The predicted molar refractivity (Wildman–Crippen MR) is 102 cm³/mol. The Balaban J connectivity index is 1.75. The summed E-state index contributed by atoms with van der Waals surface area (Å²) in [6.45, 7) is 4.38. The molecule has 1 aliphatic carbocycles. The van der Waals surface area contributed by atoms with Crippen LogP contribution >= 0.6 is 11.3 Å². The van der Waals surface area contributed by atoms with Crippen LogP contribution in [0.2, 0.25) is 0 Å². The molecule has 0 spiro atoms. The highest BCUT2D eigenvalue weighted by atomic mass is 32.1. The Kier molecular flexibility index (Phi) is 4.83. The van der Waals surface area contributed by atoms with Gasteiger partial charge in [0.05, 0.1) is 11.9 Å². The van der Waals surface area contributed by atoms with Crippen molar-refractivity contribution in [1.29, 1.82) is 0 Å². The normalized spacial score (nSPS) is 17.0. The number of thiophene rings is 1. The quantitative estimate of drug-likeness (QED) is 0.672. The van der Waals surface area contributed by atoms with Crippen LogP contribution in [0, 0.1) is 12.8 Å². The van der Waals surface area contributed by atoms with E-state index in [1.54, 1.807) is 15.9 Å². The van der Waals surface area contributed by atoms with Gasteiger partial charge in [-0.15, -0.1) is 16.4 Å². The van der Waals surface area contributed by atoms with Gasteiger partial charge in [0.25, 0.3) is 5.91 Å². The lowest BCUT2D eigenvalue weighted by atomic mass is 9.89. The maximum atomic E-state index is 12.5. The van der Waals surface area contributed by atoms with Crippen LogP contribution in [0.5, 0.6) is 0 Å². The monoisotopic (exact) mass is 389 g/mol. The fraction of sp³-hybridized carbons (Fsp3) is 0.556.